The predicted molar refractivity (Wildman–Crippen MR) is 181 cm³/mol. The van der Waals surface area contributed by atoms with Crippen LogP contribution in [0.5, 0.6) is 0 Å². The molecule has 12 nitrogen and oxygen atoms in total. The Bertz CT molecular complexity index is 1300. The second-order valence-corrected chi connectivity index (χ2v) is 15.0. The highest BCUT2D eigenvalue weighted by Gasteiger charge is 2.57. The van der Waals surface area contributed by atoms with Gasteiger partial charge in [-0.25, -0.2) is 4.79 Å². The zero-order valence-corrected chi connectivity index (χ0v) is 30.8. The van der Waals surface area contributed by atoms with Crippen molar-refractivity contribution in [2.45, 2.75) is 141 Å². The van der Waals surface area contributed by atoms with Crippen molar-refractivity contribution in [3.8, 4) is 0 Å². The number of methoxy groups -OCH3 is 1. The zero-order chi connectivity index (χ0) is 36.4. The van der Waals surface area contributed by atoms with E-state index >= 15 is 0 Å². The number of amides is 1. The molecule has 4 rings (SSSR count). The van der Waals surface area contributed by atoms with E-state index < -0.39 is 83.7 Å². The van der Waals surface area contributed by atoms with Crippen LogP contribution in [0, 0.1) is 23.7 Å². The number of esters is 1. The van der Waals surface area contributed by atoms with Crippen LogP contribution >= 0.6 is 0 Å². The summed E-state index contributed by atoms with van der Waals surface area (Å²) in [6.45, 7) is 14.7. The van der Waals surface area contributed by atoms with Gasteiger partial charge in [0, 0.05) is 37.5 Å². The van der Waals surface area contributed by atoms with Crippen molar-refractivity contribution in [1.82, 2.24) is 10.2 Å². The Morgan fingerprint density at radius 2 is 1.65 bits per heavy atom. The van der Waals surface area contributed by atoms with Gasteiger partial charge in [0.1, 0.15) is 18.0 Å². The first kappa shape index (κ1) is 39.2. The molecule has 3 aliphatic rings. The Kier molecular flexibility index (Phi) is 12.6. The Hall–Kier alpha value is -2.61. The number of Topliss-reactive ketones (excluding diaryl/α,β-unsaturated/α-hetero) is 1. The van der Waals surface area contributed by atoms with Crippen LogP contribution in [-0.2, 0) is 39.8 Å². The molecular formula is C37H58N2O10. The molecule has 0 radical (unpaired) electrons. The lowest BCUT2D eigenvalue weighted by atomic mass is 9.73. The van der Waals surface area contributed by atoms with Gasteiger partial charge in [0.2, 0.25) is 0 Å². The fourth-order valence-corrected chi connectivity index (χ4v) is 8.25. The van der Waals surface area contributed by atoms with E-state index in [0.29, 0.717) is 19.4 Å². The number of aliphatic hydroxyl groups is 2. The van der Waals surface area contributed by atoms with E-state index in [9.17, 15) is 24.6 Å². The van der Waals surface area contributed by atoms with Gasteiger partial charge in [0.05, 0.1) is 35.9 Å². The third kappa shape index (κ3) is 8.15. The quantitative estimate of drug-likeness (QED) is 0.358. The van der Waals surface area contributed by atoms with E-state index in [1.807, 2.05) is 51.2 Å². The molecule has 0 aliphatic carbocycles. The molecule has 3 N–H and O–H groups in total. The van der Waals surface area contributed by atoms with Gasteiger partial charge in [0.25, 0.3) is 0 Å². The average molecular weight is 691 g/mol. The van der Waals surface area contributed by atoms with Crippen molar-refractivity contribution >= 4 is 17.8 Å². The number of ether oxygens (including phenoxy) is 5. The van der Waals surface area contributed by atoms with Crippen molar-refractivity contribution in [3.63, 3.8) is 0 Å². The maximum atomic E-state index is 14.1. The minimum absolute atomic E-state index is 0.144. The predicted octanol–water partition coefficient (Wildman–Crippen LogP) is 3.84. The second kappa shape index (κ2) is 15.7. The van der Waals surface area contributed by atoms with Crippen LogP contribution in [0.25, 0.3) is 0 Å². The lowest BCUT2D eigenvalue weighted by molar-refractivity contribution is -0.302. The fourth-order valence-electron chi connectivity index (χ4n) is 8.25. The molecule has 3 heterocycles. The van der Waals surface area contributed by atoms with Crippen LogP contribution < -0.4 is 5.32 Å². The van der Waals surface area contributed by atoms with Crippen LogP contribution in [0.15, 0.2) is 30.3 Å². The molecule has 1 aromatic carbocycles. The first-order chi connectivity index (χ1) is 23.0. The van der Waals surface area contributed by atoms with E-state index in [0.717, 1.165) is 5.56 Å². The van der Waals surface area contributed by atoms with E-state index in [1.165, 1.54) is 7.11 Å². The van der Waals surface area contributed by atoms with Crippen LogP contribution in [-0.4, -0.2) is 107 Å². The van der Waals surface area contributed by atoms with Gasteiger partial charge in [-0.1, -0.05) is 58.0 Å². The number of alkyl carbamates (subject to hydrolysis) is 1. The van der Waals surface area contributed by atoms with E-state index in [2.05, 4.69) is 10.2 Å². The van der Waals surface area contributed by atoms with Gasteiger partial charge in [-0.3, -0.25) is 14.5 Å². The van der Waals surface area contributed by atoms with E-state index in [4.69, 9.17) is 23.7 Å². The number of hydrogen-bond acceptors (Lipinski definition) is 11. The molecule has 3 saturated heterocycles. The number of aliphatic hydroxyl groups excluding tert-OH is 2. The molecule has 3 fully saturated rings. The molecule has 0 unspecified atom stereocenters. The average Bonchev–Trinajstić information content (AvgIpc) is 3.39. The number of likely N-dealkylation sites (N-methyl/N-ethyl adjacent to an activating group) is 1. The van der Waals surface area contributed by atoms with Gasteiger partial charge in [0.15, 0.2) is 11.9 Å². The summed E-state index contributed by atoms with van der Waals surface area (Å²) < 4.78 is 30.8. The first-order valence-corrected chi connectivity index (χ1v) is 17.7. The number of rotatable bonds is 7. The van der Waals surface area contributed by atoms with Crippen molar-refractivity contribution in [2.75, 3.05) is 14.2 Å². The molecule has 0 aromatic heterocycles. The third-order valence-corrected chi connectivity index (χ3v) is 11.3. The van der Waals surface area contributed by atoms with Gasteiger partial charge in [-0.15, -0.1) is 0 Å². The number of benzene rings is 1. The SMILES string of the molecule is CC[C@H]1OC(=O)[C@H](C)[C@@H](O)[C@H](C)[C@@H](O[C@@H]2O[C@H](C)C[C@H](N(C)Cc3ccccc3)[C@H]2O)[C@@](C)(OC)C[C@@H](C)C(=O)[C@H](C)[C@H]2NC(=O)O[C@@]21C. The molecule has 12 heteroatoms. The van der Waals surface area contributed by atoms with Gasteiger partial charge < -0.3 is 39.2 Å². The van der Waals surface area contributed by atoms with Gasteiger partial charge >= 0.3 is 12.1 Å². The Labute approximate surface area is 291 Å². The van der Waals surface area contributed by atoms with Crippen molar-refractivity contribution < 1.29 is 48.3 Å². The summed E-state index contributed by atoms with van der Waals surface area (Å²) in [6, 6.07) is 8.91. The van der Waals surface area contributed by atoms with Gasteiger partial charge in [-0.05, 0) is 59.6 Å². The number of carbonyl (C=O) groups is 3. The molecule has 1 aromatic rings. The number of fused-ring (bicyclic) bond motifs is 1. The number of nitrogens with zero attached hydrogens (tertiary/aromatic N) is 1. The Morgan fingerprint density at radius 3 is 2.27 bits per heavy atom. The standard InChI is InChI=1S/C37H58N2O10/c1-11-27-37(8)31(38-35(44)49-37)22(4)28(40)20(2)18-36(7,45-10)32(23(5)29(41)24(6)33(43)47-27)48-34-30(42)26(17-21(3)46-34)39(9)19-25-15-13-12-14-16-25/h12-16,20-24,26-27,29-32,34,41-42H,11,17-19H2,1-10H3,(H,38,44)/t20-,21-,22+,23+,24-,26+,27-,29+,30-,31-,32-,34+,36+,37-/m1/s1. The molecular weight excluding hydrogens is 632 g/mol. The number of cyclic esters (lactones) is 1. The minimum atomic E-state index is -1.32. The summed E-state index contributed by atoms with van der Waals surface area (Å²) >= 11 is 0. The fraction of sp³-hybridized carbons (Fsp3) is 0.757. The normalized spacial score (nSPS) is 42.5. The maximum Gasteiger partial charge on any atom is 0.408 e. The smallest absolute Gasteiger partial charge is 0.408 e. The summed E-state index contributed by atoms with van der Waals surface area (Å²) in [5.74, 6) is -3.87. The van der Waals surface area contributed by atoms with Crippen molar-refractivity contribution in [1.29, 1.82) is 0 Å². The van der Waals surface area contributed by atoms with E-state index in [1.54, 1.807) is 41.5 Å². The molecule has 49 heavy (non-hydrogen) atoms. The van der Waals surface area contributed by atoms with Crippen LogP contribution in [0.4, 0.5) is 4.79 Å². The highest BCUT2D eigenvalue weighted by Crippen LogP contribution is 2.41. The summed E-state index contributed by atoms with van der Waals surface area (Å²) in [6.07, 6.45) is -5.14. The van der Waals surface area contributed by atoms with E-state index in [-0.39, 0.29) is 24.3 Å². The van der Waals surface area contributed by atoms with Crippen molar-refractivity contribution in [3.05, 3.63) is 35.9 Å². The maximum absolute atomic E-state index is 14.1. The number of nitrogens with one attached hydrogen (secondary N) is 1. The lowest BCUT2D eigenvalue weighted by Gasteiger charge is -2.48. The Balaban J connectivity index is 1.70. The summed E-state index contributed by atoms with van der Waals surface area (Å²) in [7, 11) is 3.47. The lowest BCUT2D eigenvalue weighted by Crippen LogP contribution is -2.60. The minimum Gasteiger partial charge on any atom is -0.458 e. The van der Waals surface area contributed by atoms with Crippen LogP contribution in [0.2, 0.25) is 0 Å². The number of ketones is 1. The van der Waals surface area contributed by atoms with Crippen molar-refractivity contribution in [2.24, 2.45) is 23.7 Å². The highest BCUT2D eigenvalue weighted by atomic mass is 16.7. The molecule has 0 spiro atoms. The molecule has 0 saturated carbocycles. The van der Waals surface area contributed by atoms with Crippen LogP contribution in [0.3, 0.4) is 0 Å². The third-order valence-electron chi connectivity index (χ3n) is 11.3. The summed E-state index contributed by atoms with van der Waals surface area (Å²) in [4.78, 5) is 42.4. The first-order valence-electron chi connectivity index (χ1n) is 17.7. The topological polar surface area (TPSA) is 153 Å². The monoisotopic (exact) mass is 690 g/mol. The number of hydrogen-bond donors (Lipinski definition) is 3. The summed E-state index contributed by atoms with van der Waals surface area (Å²) in [5.41, 5.74) is -1.41. The Morgan fingerprint density at radius 1 is 1.00 bits per heavy atom. The number of carbonyl (C=O) groups excluding carboxylic acids is 3. The summed E-state index contributed by atoms with van der Waals surface area (Å²) in [5, 5.41) is 26.3. The molecule has 1 amide bonds. The van der Waals surface area contributed by atoms with Crippen LogP contribution in [0.1, 0.15) is 80.2 Å². The largest absolute Gasteiger partial charge is 0.458 e. The zero-order valence-electron chi connectivity index (χ0n) is 30.8. The second-order valence-electron chi connectivity index (χ2n) is 15.0. The molecule has 276 valence electrons. The van der Waals surface area contributed by atoms with Gasteiger partial charge in [-0.2, -0.15) is 0 Å². The highest BCUT2D eigenvalue weighted by molar-refractivity contribution is 5.85. The molecule has 0 bridgehead atoms. The molecule has 14 atom stereocenters. The molecule has 3 aliphatic heterocycles.